The van der Waals surface area contributed by atoms with Gasteiger partial charge in [0.05, 0.1) is 12.1 Å². The third-order valence-corrected chi connectivity index (χ3v) is 4.22. The quantitative estimate of drug-likeness (QED) is 0.175. The van der Waals surface area contributed by atoms with E-state index in [9.17, 15) is 10.2 Å². The normalized spacial score (nSPS) is 7.49. The van der Waals surface area contributed by atoms with E-state index in [0.717, 1.165) is 11.1 Å². The van der Waals surface area contributed by atoms with Crippen LogP contribution in [0.5, 0.6) is 11.8 Å². The zero-order valence-corrected chi connectivity index (χ0v) is 27.3. The van der Waals surface area contributed by atoms with Gasteiger partial charge in [-0.3, -0.25) is 10.8 Å². The fourth-order valence-corrected chi connectivity index (χ4v) is 2.69. The van der Waals surface area contributed by atoms with Crippen LogP contribution in [-0.4, -0.2) is 31.2 Å². The van der Waals surface area contributed by atoms with Crippen molar-refractivity contribution >= 4 is 11.7 Å². The zero-order chi connectivity index (χ0) is 27.1. The number of hydrogen-bond donors (Lipinski definition) is 2. The molecule has 0 saturated heterocycles. The first kappa shape index (κ1) is 55.0. The van der Waals surface area contributed by atoms with Crippen LogP contribution in [0.15, 0.2) is 73.1 Å². The Morgan fingerprint density at radius 3 is 1.05 bits per heavy atom. The van der Waals surface area contributed by atoms with Gasteiger partial charge in [0, 0.05) is 91.3 Å². The molecule has 43 heavy (non-hydrogen) atoms. The van der Waals surface area contributed by atoms with Crippen LogP contribution in [0.4, 0.5) is 0 Å². The smallest absolute Gasteiger partial charge is 0.118 e. The Hall–Kier alpha value is -4.04. The van der Waals surface area contributed by atoms with Crippen LogP contribution in [0.3, 0.4) is 0 Å². The van der Waals surface area contributed by atoms with Gasteiger partial charge in [0.15, 0.2) is 0 Å². The van der Waals surface area contributed by atoms with Gasteiger partial charge >= 0.3 is 0 Å². The van der Waals surface area contributed by atoms with E-state index < -0.39 is 0 Å². The molecule has 15 nitrogen and oxygen atoms in total. The Balaban J connectivity index is -0.0000000895. The van der Waals surface area contributed by atoms with Crippen molar-refractivity contribution in [3.05, 3.63) is 73.1 Å². The Labute approximate surface area is 278 Å². The molecule has 4 rings (SSSR count). The van der Waals surface area contributed by atoms with E-state index >= 15 is 0 Å². The summed E-state index contributed by atoms with van der Waals surface area (Å²) in [4.78, 5) is 0. The molecule has 4 aromatic rings. The molecular formula is C26H26Mo2N8O7-12. The van der Waals surface area contributed by atoms with Crippen molar-refractivity contribution in [2.75, 3.05) is 0 Å². The Kier molecular flexibility index (Phi) is 37.6. The largest absolute Gasteiger partial charge is 2.00 e. The number of rotatable bonds is 2. The molecule has 0 spiro atoms. The predicted octanol–water partition coefficient (Wildman–Crippen LogP) is 3.40. The van der Waals surface area contributed by atoms with Gasteiger partial charge in [0.2, 0.25) is 0 Å². The number of nitriles is 2. The topological polar surface area (TPSA) is 320 Å². The van der Waals surface area contributed by atoms with Gasteiger partial charge in [0.25, 0.3) is 0 Å². The summed E-state index contributed by atoms with van der Waals surface area (Å²) >= 11 is 0. The second kappa shape index (κ2) is 29.4. The first-order valence-corrected chi connectivity index (χ1v) is 10.6. The molecular weight excluding hydrogens is 728 g/mol. The molecule has 236 valence electrons. The number of nitrogens with one attached hydrogen (secondary N) is 2. The third kappa shape index (κ3) is 18.2. The molecule has 0 aliphatic carbocycles. The van der Waals surface area contributed by atoms with Crippen molar-refractivity contribution in [1.82, 2.24) is 19.6 Å². The second-order valence-corrected chi connectivity index (χ2v) is 6.94. The van der Waals surface area contributed by atoms with Gasteiger partial charge in [-0.05, 0) is 25.0 Å². The molecule has 0 fully saturated rings. The third-order valence-electron chi connectivity index (χ3n) is 4.22. The van der Waals surface area contributed by atoms with E-state index in [-0.39, 0.29) is 92.9 Å². The molecule has 17 heteroatoms. The van der Waals surface area contributed by atoms with E-state index in [1.807, 2.05) is 60.7 Å². The monoisotopic (exact) mass is 758 g/mol. The van der Waals surface area contributed by atoms with E-state index in [4.69, 9.17) is 21.3 Å². The summed E-state index contributed by atoms with van der Waals surface area (Å²) < 4.78 is 2.56. The van der Waals surface area contributed by atoms with Crippen LogP contribution in [0.1, 0.15) is 27.7 Å². The Morgan fingerprint density at radius 1 is 0.628 bits per heavy atom. The van der Waals surface area contributed by atoms with Crippen molar-refractivity contribution in [3.63, 3.8) is 0 Å². The molecule has 2 aromatic heterocycles. The van der Waals surface area contributed by atoms with E-state index in [1.165, 1.54) is 23.2 Å². The van der Waals surface area contributed by atoms with Gasteiger partial charge in [-0.1, -0.05) is 60.7 Å². The van der Waals surface area contributed by atoms with Crippen LogP contribution < -0.4 is 10.2 Å². The van der Waals surface area contributed by atoms with Crippen molar-refractivity contribution in [3.8, 4) is 46.2 Å². The van der Waals surface area contributed by atoms with Crippen LogP contribution in [0, 0.1) is 33.5 Å². The summed E-state index contributed by atoms with van der Waals surface area (Å²) in [6.07, 6.45) is 3.17. The molecule has 0 unspecified atom stereocenters. The summed E-state index contributed by atoms with van der Waals surface area (Å²) in [7, 11) is 0. The maximum Gasteiger partial charge on any atom is 0.118 e. The molecule has 2 N–H and O–H groups in total. The number of benzene rings is 2. The van der Waals surface area contributed by atoms with Crippen molar-refractivity contribution < 1.29 is 79.7 Å². The summed E-state index contributed by atoms with van der Waals surface area (Å²) in [5, 5.41) is 59.9. The number of aromatic nitrogens is 4. The van der Waals surface area contributed by atoms with Crippen LogP contribution in [-0.2, 0) is 69.5 Å². The minimum Gasteiger partial charge on any atom is -2.00 e. The second-order valence-electron chi connectivity index (χ2n) is 6.94. The van der Waals surface area contributed by atoms with Crippen LogP contribution in [0.25, 0.3) is 22.3 Å². The minimum absolute atomic E-state index is 0. The summed E-state index contributed by atoms with van der Waals surface area (Å²) in [5.41, 5.74) is 2.72. The molecule has 2 heterocycles. The number of nitrogens with zero attached hydrogens (tertiary/aromatic N) is 6. The van der Waals surface area contributed by atoms with Gasteiger partial charge < -0.3 is 37.6 Å². The molecule has 0 amide bonds. The fourth-order valence-electron chi connectivity index (χ4n) is 2.69. The average molecular weight is 754 g/mol. The minimum atomic E-state index is -0.298. The SMILES string of the molecule is CC#N.CC#N.CC(=N)n1cc(-c2ccccc2)c([O-])n1.CC(=N)n1cc(-c2ccccc2)c([O-])n1.[Mo].[Mo].[O-2].[O-2].[O-2].[O-2].[O-2]. The van der Waals surface area contributed by atoms with Crippen molar-refractivity contribution in [2.24, 2.45) is 0 Å². The molecule has 0 saturated carbocycles. The zero-order valence-electron chi connectivity index (χ0n) is 23.3. The van der Waals surface area contributed by atoms with Gasteiger partial charge in [-0.25, -0.2) is 9.36 Å². The molecule has 0 aliphatic heterocycles. The van der Waals surface area contributed by atoms with Crippen LogP contribution >= 0.6 is 0 Å². The van der Waals surface area contributed by atoms with Crippen LogP contribution in [0.2, 0.25) is 0 Å². The fraction of sp³-hybridized carbons (Fsp3) is 0.154. The van der Waals surface area contributed by atoms with Gasteiger partial charge in [-0.2, -0.15) is 20.7 Å². The maximum absolute atomic E-state index is 11.5. The first-order valence-electron chi connectivity index (χ1n) is 10.6. The van der Waals surface area contributed by atoms with E-state index in [1.54, 1.807) is 38.4 Å². The van der Waals surface area contributed by atoms with E-state index in [2.05, 4.69) is 10.2 Å². The Bertz CT molecular complexity index is 1270. The van der Waals surface area contributed by atoms with Crippen molar-refractivity contribution in [2.45, 2.75) is 27.7 Å². The predicted molar refractivity (Wildman–Crippen MR) is 138 cm³/mol. The average Bonchev–Trinajstić information content (AvgIpc) is 3.45. The molecule has 0 atom stereocenters. The first-order chi connectivity index (χ1) is 17.2. The summed E-state index contributed by atoms with van der Waals surface area (Å²) in [5.74, 6) is -0.135. The maximum atomic E-state index is 11.5. The molecule has 2 aromatic carbocycles. The van der Waals surface area contributed by atoms with Gasteiger partial charge in [-0.15, -0.1) is 0 Å². The molecule has 0 radical (unpaired) electrons. The summed E-state index contributed by atoms with van der Waals surface area (Å²) in [6.45, 7) is 6.03. The van der Waals surface area contributed by atoms with E-state index in [0.29, 0.717) is 11.1 Å². The van der Waals surface area contributed by atoms with Crippen molar-refractivity contribution in [1.29, 1.82) is 21.3 Å². The molecule has 0 aliphatic rings. The van der Waals surface area contributed by atoms with Gasteiger partial charge in [0.1, 0.15) is 11.7 Å². The molecule has 0 bridgehead atoms. The summed E-state index contributed by atoms with van der Waals surface area (Å²) in [6, 6.07) is 22.1. The standard InChI is InChI=1S/2C11H11N3O.2C2H3N.2Mo.5O/c2*1-8(12)14-7-10(11(15)13-14)9-5-3-2-4-6-9;2*1-2-3;;;;;;;/h2*2-7,12H,1H3,(H,13,15);2*1H3;;;;;;;/q;;;;;;5*-2/p-2. The Morgan fingerprint density at radius 2 is 0.860 bits per heavy atom. The number of hydrogen-bond acceptors (Lipinski definition) is 8.